The molecule has 5 nitrogen and oxygen atoms in total. The Bertz CT molecular complexity index is 1010. The maximum Gasteiger partial charge on any atom is 0.280 e. The van der Waals surface area contributed by atoms with Crippen LogP contribution in [0.15, 0.2) is 59.7 Å². The lowest BCUT2D eigenvalue weighted by Crippen LogP contribution is -2.30. The van der Waals surface area contributed by atoms with Gasteiger partial charge in [0.1, 0.15) is 5.82 Å². The van der Waals surface area contributed by atoms with E-state index in [1.165, 1.54) is 11.3 Å². The molecule has 1 aliphatic heterocycles. The number of rotatable bonds is 4. The first kappa shape index (κ1) is 16.7. The molecule has 0 saturated carbocycles. The second-order valence-corrected chi connectivity index (χ2v) is 6.58. The molecule has 5 heteroatoms. The fourth-order valence-electron chi connectivity index (χ4n) is 3.57. The molecule has 0 aliphatic carbocycles. The zero-order valence-electron chi connectivity index (χ0n) is 14.9. The van der Waals surface area contributed by atoms with Crippen molar-refractivity contribution in [2.45, 2.75) is 26.3 Å². The van der Waals surface area contributed by atoms with Gasteiger partial charge in [-0.05, 0) is 23.8 Å². The first-order valence-electron chi connectivity index (χ1n) is 9.07. The molecule has 0 unspecified atom stereocenters. The van der Waals surface area contributed by atoms with Crippen LogP contribution in [0.5, 0.6) is 0 Å². The van der Waals surface area contributed by atoms with Crippen LogP contribution in [-0.4, -0.2) is 32.5 Å². The minimum Gasteiger partial charge on any atom is -0.302 e. The molecule has 132 valence electrons. The number of benzene rings is 1. The Labute approximate surface area is 152 Å². The van der Waals surface area contributed by atoms with Crippen LogP contribution < -0.4 is 5.56 Å². The average Bonchev–Trinajstić information content (AvgIpc) is 2.69. The summed E-state index contributed by atoms with van der Waals surface area (Å²) in [4.78, 5) is 23.2. The molecule has 0 bridgehead atoms. The molecule has 2 aromatic heterocycles. The van der Waals surface area contributed by atoms with E-state index in [-0.39, 0.29) is 5.56 Å². The van der Waals surface area contributed by atoms with E-state index in [0.29, 0.717) is 5.39 Å². The van der Waals surface area contributed by atoms with Crippen molar-refractivity contribution in [3.63, 3.8) is 0 Å². The standard InChI is InChI=1S/C21H22N4O/c1-2-20-23-21(26)18-7-3-4-8-19(18)25(20)17-9-12-24(13-10-17)15-16-6-5-11-22-14-16/h3-9,11,14H,2,10,12-13,15H2,1H3. The van der Waals surface area contributed by atoms with Gasteiger partial charge in [0.15, 0.2) is 0 Å². The molecule has 0 radical (unpaired) electrons. The number of para-hydroxylation sites is 1. The van der Waals surface area contributed by atoms with Crippen LogP contribution >= 0.6 is 0 Å². The summed E-state index contributed by atoms with van der Waals surface area (Å²) in [6, 6.07) is 11.8. The molecular weight excluding hydrogens is 324 g/mol. The average molecular weight is 346 g/mol. The number of aryl methyl sites for hydroxylation is 1. The van der Waals surface area contributed by atoms with Gasteiger partial charge in [0.2, 0.25) is 0 Å². The van der Waals surface area contributed by atoms with Crippen molar-refractivity contribution in [2.75, 3.05) is 13.1 Å². The maximum atomic E-state index is 12.3. The Hall–Kier alpha value is -2.79. The van der Waals surface area contributed by atoms with E-state index in [0.717, 1.165) is 43.8 Å². The van der Waals surface area contributed by atoms with Crippen molar-refractivity contribution in [3.05, 3.63) is 76.6 Å². The molecular formula is C21H22N4O. The van der Waals surface area contributed by atoms with Gasteiger partial charge in [-0.25, -0.2) is 0 Å². The third-order valence-electron chi connectivity index (χ3n) is 4.87. The minimum absolute atomic E-state index is 0.136. The summed E-state index contributed by atoms with van der Waals surface area (Å²) < 4.78 is 2.18. The first-order chi connectivity index (χ1) is 12.8. The van der Waals surface area contributed by atoms with Crippen molar-refractivity contribution < 1.29 is 0 Å². The summed E-state index contributed by atoms with van der Waals surface area (Å²) in [6.45, 7) is 4.81. The van der Waals surface area contributed by atoms with Crippen LogP contribution in [0, 0.1) is 0 Å². The van der Waals surface area contributed by atoms with Crippen LogP contribution in [-0.2, 0) is 13.0 Å². The predicted octanol–water partition coefficient (Wildman–Crippen LogP) is 3.10. The van der Waals surface area contributed by atoms with E-state index < -0.39 is 0 Å². The van der Waals surface area contributed by atoms with Gasteiger partial charge in [-0.15, -0.1) is 0 Å². The molecule has 3 aromatic rings. The summed E-state index contributed by atoms with van der Waals surface area (Å²) in [5.41, 5.74) is 3.28. The number of fused-ring (bicyclic) bond motifs is 1. The van der Waals surface area contributed by atoms with Crippen molar-refractivity contribution in [1.82, 2.24) is 19.4 Å². The van der Waals surface area contributed by atoms with Crippen molar-refractivity contribution in [1.29, 1.82) is 0 Å². The highest BCUT2D eigenvalue weighted by molar-refractivity contribution is 5.81. The molecule has 1 aromatic carbocycles. The highest BCUT2D eigenvalue weighted by Gasteiger charge is 2.17. The summed E-state index contributed by atoms with van der Waals surface area (Å²) in [5, 5.41) is 0.684. The molecule has 0 amide bonds. The van der Waals surface area contributed by atoms with Gasteiger partial charge < -0.3 is 4.57 Å². The Morgan fingerprint density at radius 3 is 2.77 bits per heavy atom. The fourth-order valence-corrected chi connectivity index (χ4v) is 3.57. The second kappa shape index (κ2) is 7.22. The smallest absolute Gasteiger partial charge is 0.280 e. The highest BCUT2D eigenvalue weighted by atomic mass is 16.1. The Balaban J connectivity index is 1.66. The van der Waals surface area contributed by atoms with E-state index in [2.05, 4.69) is 31.6 Å². The van der Waals surface area contributed by atoms with Crippen molar-refractivity contribution >= 4 is 16.6 Å². The van der Waals surface area contributed by atoms with Gasteiger partial charge in [0.05, 0.1) is 10.9 Å². The molecule has 3 heterocycles. The molecule has 0 N–H and O–H groups in total. The molecule has 0 atom stereocenters. The third kappa shape index (κ3) is 3.18. The Kier molecular flexibility index (Phi) is 4.63. The van der Waals surface area contributed by atoms with E-state index in [1.54, 1.807) is 6.20 Å². The Morgan fingerprint density at radius 2 is 2.04 bits per heavy atom. The van der Waals surface area contributed by atoms with Gasteiger partial charge in [0, 0.05) is 50.6 Å². The van der Waals surface area contributed by atoms with Gasteiger partial charge >= 0.3 is 0 Å². The quantitative estimate of drug-likeness (QED) is 0.728. The highest BCUT2D eigenvalue weighted by Crippen LogP contribution is 2.23. The van der Waals surface area contributed by atoms with Crippen LogP contribution in [0.3, 0.4) is 0 Å². The van der Waals surface area contributed by atoms with E-state index in [1.807, 2.05) is 43.5 Å². The molecule has 26 heavy (non-hydrogen) atoms. The summed E-state index contributed by atoms with van der Waals surface area (Å²) in [6.07, 6.45) is 7.65. The summed E-state index contributed by atoms with van der Waals surface area (Å²) in [5.74, 6) is 0.834. The SMILES string of the molecule is CCc1nc(=O)c2ccccc2n1C1=CCN(Cc2cccnc2)CC1. The lowest BCUT2D eigenvalue weighted by Gasteiger charge is -2.28. The fraction of sp³-hybridized carbons (Fsp3) is 0.286. The maximum absolute atomic E-state index is 12.3. The molecule has 0 fully saturated rings. The topological polar surface area (TPSA) is 51.0 Å². The van der Waals surface area contributed by atoms with Crippen LogP contribution in [0.25, 0.3) is 16.6 Å². The largest absolute Gasteiger partial charge is 0.302 e. The Morgan fingerprint density at radius 1 is 1.15 bits per heavy atom. The van der Waals surface area contributed by atoms with E-state index >= 15 is 0 Å². The number of nitrogens with zero attached hydrogens (tertiary/aromatic N) is 4. The summed E-state index contributed by atoms with van der Waals surface area (Å²) in [7, 11) is 0. The zero-order chi connectivity index (χ0) is 17.9. The second-order valence-electron chi connectivity index (χ2n) is 6.58. The lowest BCUT2D eigenvalue weighted by molar-refractivity contribution is 0.291. The van der Waals surface area contributed by atoms with Crippen molar-refractivity contribution in [2.24, 2.45) is 0 Å². The third-order valence-corrected chi connectivity index (χ3v) is 4.87. The first-order valence-corrected chi connectivity index (χ1v) is 9.07. The lowest BCUT2D eigenvalue weighted by atomic mass is 10.1. The van der Waals surface area contributed by atoms with Crippen molar-refractivity contribution in [3.8, 4) is 0 Å². The zero-order valence-corrected chi connectivity index (χ0v) is 14.9. The van der Waals surface area contributed by atoms with Crippen LogP contribution in [0.1, 0.15) is 24.7 Å². The normalized spacial score (nSPS) is 15.2. The number of hydrogen-bond donors (Lipinski definition) is 0. The van der Waals surface area contributed by atoms with Gasteiger partial charge in [-0.3, -0.25) is 14.7 Å². The monoisotopic (exact) mass is 346 g/mol. The number of aromatic nitrogens is 3. The van der Waals surface area contributed by atoms with Crippen LogP contribution in [0.2, 0.25) is 0 Å². The van der Waals surface area contributed by atoms with Crippen LogP contribution in [0.4, 0.5) is 0 Å². The number of pyridine rings is 1. The molecule has 0 spiro atoms. The van der Waals surface area contributed by atoms with E-state index in [9.17, 15) is 4.79 Å². The van der Waals surface area contributed by atoms with Gasteiger partial charge in [-0.1, -0.05) is 31.2 Å². The predicted molar refractivity (Wildman–Crippen MR) is 104 cm³/mol. The molecule has 1 aliphatic rings. The van der Waals surface area contributed by atoms with Gasteiger partial charge in [-0.2, -0.15) is 4.98 Å². The summed E-state index contributed by atoms with van der Waals surface area (Å²) >= 11 is 0. The molecule has 0 saturated heterocycles. The van der Waals surface area contributed by atoms with Gasteiger partial charge in [0.25, 0.3) is 5.56 Å². The van der Waals surface area contributed by atoms with E-state index in [4.69, 9.17) is 0 Å². The number of hydrogen-bond acceptors (Lipinski definition) is 4. The minimum atomic E-state index is -0.136. The molecule has 4 rings (SSSR count).